The van der Waals surface area contributed by atoms with Crippen molar-refractivity contribution in [2.24, 2.45) is 5.92 Å². The van der Waals surface area contributed by atoms with Crippen LogP contribution in [0.15, 0.2) is 48.8 Å². The molecule has 2 atom stereocenters. The van der Waals surface area contributed by atoms with Crippen LogP contribution >= 0.6 is 0 Å². The molecule has 1 fully saturated rings. The van der Waals surface area contributed by atoms with E-state index >= 15 is 0 Å². The zero-order chi connectivity index (χ0) is 24.2. The molecule has 2 N–H and O–H groups in total. The van der Waals surface area contributed by atoms with Gasteiger partial charge in [0, 0.05) is 30.4 Å². The maximum absolute atomic E-state index is 13.5. The predicted molar refractivity (Wildman–Crippen MR) is 130 cm³/mol. The molecule has 1 aliphatic rings. The zero-order valence-corrected chi connectivity index (χ0v) is 20.5. The highest BCUT2D eigenvalue weighted by atomic mass is 16.5. The second kappa shape index (κ2) is 10.0. The zero-order valence-electron chi connectivity index (χ0n) is 20.5. The second-order valence-electron chi connectivity index (χ2n) is 10.3. The molecule has 1 aliphatic heterocycles. The number of nitrogens with one attached hydrogen (secondary N) is 2. The molecule has 1 aromatic heterocycles. The Bertz CT molecular complexity index is 951. The normalized spacial score (nSPS) is 18.2. The molecular formula is C25H35BN4O3. The summed E-state index contributed by atoms with van der Waals surface area (Å²) in [7, 11) is 0. The van der Waals surface area contributed by atoms with Crippen LogP contribution in [0.2, 0.25) is 5.31 Å². The molecule has 33 heavy (non-hydrogen) atoms. The molecule has 2 heterocycles. The van der Waals surface area contributed by atoms with Crippen molar-refractivity contribution in [3.05, 3.63) is 60.2 Å². The fourth-order valence-electron chi connectivity index (χ4n) is 4.23. The third-order valence-electron chi connectivity index (χ3n) is 6.78. The Kier molecular flexibility index (Phi) is 7.57. The van der Waals surface area contributed by atoms with Gasteiger partial charge in [0.1, 0.15) is 6.04 Å². The minimum Gasteiger partial charge on any atom is -0.428 e. The molecule has 0 aliphatic carbocycles. The van der Waals surface area contributed by atoms with Gasteiger partial charge in [-0.15, -0.1) is 0 Å². The van der Waals surface area contributed by atoms with Crippen LogP contribution < -0.4 is 10.6 Å². The van der Waals surface area contributed by atoms with Gasteiger partial charge < -0.3 is 15.3 Å². The average Bonchev–Trinajstić information content (AvgIpc) is 2.77. The number of carbonyl (C=O) groups excluding carboxylic acids is 2. The lowest BCUT2D eigenvalue weighted by Crippen LogP contribution is -2.70. The Morgan fingerprint density at radius 2 is 1.64 bits per heavy atom. The molecule has 2 unspecified atom stereocenters. The van der Waals surface area contributed by atoms with E-state index in [4.69, 9.17) is 4.65 Å². The van der Waals surface area contributed by atoms with Gasteiger partial charge in [-0.05, 0) is 43.1 Å². The first-order valence-electron chi connectivity index (χ1n) is 11.6. The summed E-state index contributed by atoms with van der Waals surface area (Å²) in [6.07, 6.45) is 4.15. The molecule has 2 aromatic rings. The standard InChI is InChI=1S/C25H35BN4O3/c1-17(2)15-20(26-24(3,4)25(5,6)33-26)30-22(31)19(16-18-11-8-7-9-12-18)29-23(32)21-27-13-10-14-28-21/h7-14,17,19-20H,15-16H2,1-6H3,(H,29,32)(H,30,31). The monoisotopic (exact) mass is 450 g/mol. The van der Waals surface area contributed by atoms with Crippen molar-refractivity contribution < 1.29 is 14.2 Å². The van der Waals surface area contributed by atoms with Gasteiger partial charge in [-0.1, -0.05) is 58.0 Å². The maximum Gasteiger partial charge on any atom is 0.324 e. The number of amides is 2. The van der Waals surface area contributed by atoms with E-state index < -0.39 is 11.9 Å². The summed E-state index contributed by atoms with van der Waals surface area (Å²) < 4.78 is 6.23. The van der Waals surface area contributed by atoms with E-state index in [1.165, 1.54) is 12.4 Å². The van der Waals surface area contributed by atoms with Gasteiger partial charge in [-0.3, -0.25) is 9.59 Å². The Balaban J connectivity index is 1.80. The summed E-state index contributed by atoms with van der Waals surface area (Å²) in [6, 6.07) is 10.5. The number of hydrogen-bond donors (Lipinski definition) is 2. The van der Waals surface area contributed by atoms with Crippen molar-refractivity contribution in [1.29, 1.82) is 0 Å². The van der Waals surface area contributed by atoms with Crippen LogP contribution in [0.5, 0.6) is 0 Å². The predicted octanol–water partition coefficient (Wildman–Crippen LogP) is 3.47. The molecule has 1 saturated heterocycles. The maximum atomic E-state index is 13.5. The summed E-state index contributed by atoms with van der Waals surface area (Å²) in [6.45, 7) is 12.7. The number of carbonyl (C=O) groups is 2. The van der Waals surface area contributed by atoms with E-state index in [-0.39, 0.29) is 35.5 Å². The molecule has 2 amide bonds. The van der Waals surface area contributed by atoms with Gasteiger partial charge >= 0.3 is 6.92 Å². The minimum absolute atomic E-state index is 0.0345. The van der Waals surface area contributed by atoms with E-state index in [9.17, 15) is 9.59 Å². The Hall–Kier alpha value is -2.74. The Morgan fingerprint density at radius 3 is 2.18 bits per heavy atom. The van der Waals surface area contributed by atoms with Crippen molar-refractivity contribution >= 4 is 18.7 Å². The van der Waals surface area contributed by atoms with Crippen molar-refractivity contribution in [2.45, 2.75) is 77.3 Å². The van der Waals surface area contributed by atoms with E-state index in [2.05, 4.69) is 62.1 Å². The SMILES string of the molecule is CC(C)CC(NC(=O)C(Cc1ccccc1)NC(=O)c1ncccn1)B1OC(C)(C)C1(C)C. The van der Waals surface area contributed by atoms with Crippen LogP contribution in [-0.2, 0) is 15.9 Å². The first-order chi connectivity index (χ1) is 15.5. The van der Waals surface area contributed by atoms with Gasteiger partial charge in [-0.2, -0.15) is 0 Å². The van der Waals surface area contributed by atoms with Crippen LogP contribution in [-0.4, -0.2) is 46.3 Å². The van der Waals surface area contributed by atoms with Crippen LogP contribution in [0.25, 0.3) is 0 Å². The van der Waals surface area contributed by atoms with Gasteiger partial charge in [0.25, 0.3) is 5.91 Å². The van der Waals surface area contributed by atoms with E-state index in [0.29, 0.717) is 12.3 Å². The van der Waals surface area contributed by atoms with Gasteiger partial charge in [0.05, 0.1) is 0 Å². The highest BCUT2D eigenvalue weighted by molar-refractivity contribution is 6.61. The number of hydrogen-bond acceptors (Lipinski definition) is 5. The average molecular weight is 450 g/mol. The van der Waals surface area contributed by atoms with Gasteiger partial charge in [0.2, 0.25) is 11.7 Å². The number of nitrogens with zero attached hydrogens (tertiary/aromatic N) is 2. The van der Waals surface area contributed by atoms with Crippen LogP contribution in [0, 0.1) is 5.92 Å². The molecule has 3 rings (SSSR count). The van der Waals surface area contributed by atoms with Crippen molar-refractivity contribution in [2.75, 3.05) is 0 Å². The molecule has 0 bridgehead atoms. The van der Waals surface area contributed by atoms with Crippen LogP contribution in [0.4, 0.5) is 0 Å². The third kappa shape index (κ3) is 5.80. The molecule has 1 aromatic carbocycles. The largest absolute Gasteiger partial charge is 0.428 e. The fraction of sp³-hybridized carbons (Fsp3) is 0.520. The van der Waals surface area contributed by atoms with Crippen LogP contribution in [0.1, 0.15) is 64.1 Å². The number of benzene rings is 1. The first kappa shape index (κ1) is 24.9. The summed E-state index contributed by atoms with van der Waals surface area (Å²) in [5, 5.41) is 5.94. The van der Waals surface area contributed by atoms with Crippen molar-refractivity contribution in [1.82, 2.24) is 20.6 Å². The van der Waals surface area contributed by atoms with Crippen molar-refractivity contribution in [3.63, 3.8) is 0 Å². The topological polar surface area (TPSA) is 93.2 Å². The third-order valence-corrected chi connectivity index (χ3v) is 6.78. The quantitative estimate of drug-likeness (QED) is 0.571. The molecule has 7 nitrogen and oxygen atoms in total. The molecule has 0 spiro atoms. The number of aromatic nitrogens is 2. The van der Waals surface area contributed by atoms with E-state index in [1.54, 1.807) is 6.07 Å². The molecule has 8 heteroatoms. The fourth-order valence-corrected chi connectivity index (χ4v) is 4.23. The molecule has 0 radical (unpaired) electrons. The molecule has 0 saturated carbocycles. The molecule has 176 valence electrons. The Labute approximate surface area is 197 Å². The van der Waals surface area contributed by atoms with E-state index in [1.807, 2.05) is 30.3 Å². The summed E-state index contributed by atoms with van der Waals surface area (Å²) >= 11 is 0. The highest BCUT2D eigenvalue weighted by Gasteiger charge is 2.61. The van der Waals surface area contributed by atoms with E-state index in [0.717, 1.165) is 12.0 Å². The second-order valence-corrected chi connectivity index (χ2v) is 10.3. The van der Waals surface area contributed by atoms with Gasteiger partial charge in [-0.25, -0.2) is 9.97 Å². The minimum atomic E-state index is -0.769. The first-order valence-corrected chi connectivity index (χ1v) is 11.6. The van der Waals surface area contributed by atoms with Crippen LogP contribution in [0.3, 0.4) is 0 Å². The molecular weight excluding hydrogens is 415 g/mol. The lowest BCUT2D eigenvalue weighted by Gasteiger charge is -2.59. The smallest absolute Gasteiger partial charge is 0.324 e. The number of rotatable bonds is 9. The summed E-state index contributed by atoms with van der Waals surface area (Å²) in [5.74, 6) is -0.472. The lowest BCUT2D eigenvalue weighted by molar-refractivity contribution is -0.123. The summed E-state index contributed by atoms with van der Waals surface area (Å²) in [5.41, 5.74) is 0.689. The Morgan fingerprint density at radius 1 is 1.00 bits per heavy atom. The van der Waals surface area contributed by atoms with Crippen molar-refractivity contribution in [3.8, 4) is 0 Å². The lowest BCUT2D eigenvalue weighted by atomic mass is 9.32. The summed E-state index contributed by atoms with van der Waals surface area (Å²) in [4.78, 5) is 34.3. The van der Waals surface area contributed by atoms with Gasteiger partial charge in [0.15, 0.2) is 0 Å². The highest BCUT2D eigenvalue weighted by Crippen LogP contribution is 2.54.